The van der Waals surface area contributed by atoms with E-state index in [1.165, 1.54) is 5.56 Å². The quantitative estimate of drug-likeness (QED) is 0.486. The van der Waals surface area contributed by atoms with Gasteiger partial charge in [-0.25, -0.2) is 4.79 Å². The lowest BCUT2D eigenvalue weighted by Crippen LogP contribution is -2.63. The molecule has 208 valence electrons. The van der Waals surface area contributed by atoms with Crippen LogP contribution in [0.15, 0.2) is 42.7 Å². The Hall–Kier alpha value is -2.44. The van der Waals surface area contributed by atoms with E-state index in [1.54, 1.807) is 0 Å². The molecule has 2 fully saturated rings. The summed E-state index contributed by atoms with van der Waals surface area (Å²) in [6, 6.07) is 10.7. The number of ether oxygens (including phenoxy) is 1. The Kier molecular flexibility index (Phi) is 8.25. The van der Waals surface area contributed by atoms with Crippen molar-refractivity contribution in [3.63, 3.8) is 0 Å². The maximum absolute atomic E-state index is 12.5. The molecule has 2 aromatic rings. The van der Waals surface area contributed by atoms with E-state index >= 15 is 0 Å². The summed E-state index contributed by atoms with van der Waals surface area (Å²) in [4.78, 5) is 21.1. The standard InChI is InChI=1S/C32H47N3O3/c1-23(2)26-10-12-27(13-11-26)32(37,31(6)21-34(7)22-31)28-18-25(19-33-20-28)9-8-24-14-16-35(17-15-24)29(36)38-30(3,4)5/h10-13,18-20,23-24,37H,8-9,14-17,21-22H2,1-7H3/t32-/m0/s1. The molecule has 2 aliphatic heterocycles. The van der Waals surface area contributed by atoms with Crippen LogP contribution in [-0.2, 0) is 16.8 Å². The lowest BCUT2D eigenvalue weighted by molar-refractivity contribution is -0.127. The lowest BCUT2D eigenvalue weighted by atomic mass is 9.62. The highest BCUT2D eigenvalue weighted by Gasteiger charge is 2.55. The second kappa shape index (κ2) is 11.0. The molecule has 38 heavy (non-hydrogen) atoms. The van der Waals surface area contributed by atoms with E-state index in [0.29, 0.717) is 11.8 Å². The van der Waals surface area contributed by atoms with Crippen molar-refractivity contribution in [1.29, 1.82) is 0 Å². The molecule has 1 atom stereocenters. The van der Waals surface area contributed by atoms with Gasteiger partial charge in [0.05, 0.1) is 0 Å². The number of hydrogen-bond donors (Lipinski definition) is 1. The molecule has 0 unspecified atom stereocenters. The van der Waals surface area contributed by atoms with Crippen LogP contribution in [0, 0.1) is 11.3 Å². The molecular weight excluding hydrogens is 474 g/mol. The third-order valence-electron chi connectivity index (χ3n) is 8.43. The number of pyridine rings is 1. The van der Waals surface area contributed by atoms with Crippen molar-refractivity contribution in [1.82, 2.24) is 14.8 Å². The Morgan fingerprint density at radius 1 is 1.11 bits per heavy atom. The van der Waals surface area contributed by atoms with Gasteiger partial charge in [0.15, 0.2) is 0 Å². The Labute approximate surface area is 229 Å². The molecule has 0 radical (unpaired) electrons. The maximum atomic E-state index is 12.5. The minimum Gasteiger partial charge on any atom is -0.444 e. The minimum absolute atomic E-state index is 0.205. The van der Waals surface area contributed by atoms with Gasteiger partial charge in [0.2, 0.25) is 0 Å². The van der Waals surface area contributed by atoms with Gasteiger partial charge in [-0.1, -0.05) is 45.0 Å². The molecule has 3 heterocycles. The van der Waals surface area contributed by atoms with E-state index in [9.17, 15) is 9.90 Å². The van der Waals surface area contributed by atoms with Crippen LogP contribution < -0.4 is 0 Å². The van der Waals surface area contributed by atoms with Gasteiger partial charge in [-0.05, 0) is 88.1 Å². The second-order valence-corrected chi connectivity index (χ2v) is 13.3. The first-order chi connectivity index (χ1) is 17.8. The van der Waals surface area contributed by atoms with Gasteiger partial charge in [-0.15, -0.1) is 0 Å². The maximum Gasteiger partial charge on any atom is 0.410 e. The number of amides is 1. The number of nitrogens with zero attached hydrogens (tertiary/aromatic N) is 3. The first kappa shape index (κ1) is 28.6. The van der Waals surface area contributed by atoms with Gasteiger partial charge in [0.1, 0.15) is 11.2 Å². The van der Waals surface area contributed by atoms with Gasteiger partial charge in [-0.3, -0.25) is 4.98 Å². The van der Waals surface area contributed by atoms with Crippen LogP contribution in [0.25, 0.3) is 0 Å². The van der Waals surface area contributed by atoms with Crippen LogP contribution in [0.5, 0.6) is 0 Å². The predicted octanol–water partition coefficient (Wildman–Crippen LogP) is 5.97. The number of piperidine rings is 1. The summed E-state index contributed by atoms with van der Waals surface area (Å²) in [6.07, 6.45) is 7.53. The van der Waals surface area contributed by atoms with Crippen LogP contribution in [0.1, 0.15) is 89.0 Å². The largest absolute Gasteiger partial charge is 0.444 e. The van der Waals surface area contributed by atoms with E-state index in [-0.39, 0.29) is 11.5 Å². The number of benzene rings is 1. The number of hydrogen-bond acceptors (Lipinski definition) is 5. The SMILES string of the molecule is CC(C)c1ccc([C@](O)(c2cncc(CCC3CCN(C(=O)OC(C)(C)C)CC3)c2)C2(C)CN(C)C2)cc1. The van der Waals surface area contributed by atoms with Crippen molar-refractivity contribution >= 4 is 6.09 Å². The smallest absolute Gasteiger partial charge is 0.410 e. The Morgan fingerprint density at radius 3 is 2.29 bits per heavy atom. The van der Waals surface area contributed by atoms with Gasteiger partial charge in [-0.2, -0.15) is 0 Å². The van der Waals surface area contributed by atoms with Crippen molar-refractivity contribution in [2.24, 2.45) is 11.3 Å². The van der Waals surface area contributed by atoms with E-state index in [4.69, 9.17) is 4.74 Å². The van der Waals surface area contributed by atoms with Crippen molar-refractivity contribution in [2.75, 3.05) is 33.2 Å². The average molecular weight is 522 g/mol. The Balaban J connectivity index is 1.46. The fraction of sp³-hybridized carbons (Fsp3) is 0.625. The molecule has 0 saturated carbocycles. The number of aryl methyl sites for hydroxylation is 1. The molecule has 1 aromatic heterocycles. The highest BCUT2D eigenvalue weighted by molar-refractivity contribution is 5.68. The molecule has 1 aromatic carbocycles. The monoisotopic (exact) mass is 521 g/mol. The fourth-order valence-electron chi connectivity index (χ4n) is 6.27. The first-order valence-corrected chi connectivity index (χ1v) is 14.2. The summed E-state index contributed by atoms with van der Waals surface area (Å²) < 4.78 is 5.54. The second-order valence-electron chi connectivity index (χ2n) is 13.3. The summed E-state index contributed by atoms with van der Waals surface area (Å²) in [5.41, 5.74) is 2.37. The third-order valence-corrected chi connectivity index (χ3v) is 8.43. The highest BCUT2D eigenvalue weighted by atomic mass is 16.6. The number of carbonyl (C=O) groups excluding carboxylic acids is 1. The summed E-state index contributed by atoms with van der Waals surface area (Å²) in [6.45, 7) is 15.4. The molecule has 0 bridgehead atoms. The van der Waals surface area contributed by atoms with E-state index < -0.39 is 11.2 Å². The molecule has 2 saturated heterocycles. The molecule has 2 aliphatic rings. The van der Waals surface area contributed by atoms with Crippen molar-refractivity contribution in [3.8, 4) is 0 Å². The summed E-state index contributed by atoms with van der Waals surface area (Å²) in [7, 11) is 2.10. The van der Waals surface area contributed by atoms with Crippen molar-refractivity contribution in [3.05, 3.63) is 65.0 Å². The van der Waals surface area contributed by atoms with Gasteiger partial charge >= 0.3 is 6.09 Å². The molecule has 0 aliphatic carbocycles. The van der Waals surface area contributed by atoms with Gasteiger partial charge in [0.25, 0.3) is 0 Å². The van der Waals surface area contributed by atoms with Crippen molar-refractivity contribution in [2.45, 2.75) is 84.3 Å². The Bertz CT molecular complexity index is 1090. The number of aromatic nitrogens is 1. The number of likely N-dealkylation sites (tertiary alicyclic amines) is 2. The normalized spacial score (nSPS) is 20.2. The van der Waals surface area contributed by atoms with Crippen LogP contribution in [0.4, 0.5) is 4.79 Å². The van der Waals surface area contributed by atoms with Crippen LogP contribution >= 0.6 is 0 Å². The molecule has 6 heteroatoms. The summed E-state index contributed by atoms with van der Waals surface area (Å²) in [5.74, 6) is 1.01. The Morgan fingerprint density at radius 2 is 1.74 bits per heavy atom. The zero-order chi connectivity index (χ0) is 27.7. The number of aliphatic hydroxyl groups is 1. The molecule has 1 amide bonds. The molecule has 1 N–H and O–H groups in total. The average Bonchev–Trinajstić information content (AvgIpc) is 2.85. The first-order valence-electron chi connectivity index (χ1n) is 14.2. The molecule has 6 nitrogen and oxygen atoms in total. The summed E-state index contributed by atoms with van der Waals surface area (Å²) >= 11 is 0. The minimum atomic E-state index is -1.11. The van der Waals surface area contributed by atoms with Crippen LogP contribution in [0.2, 0.25) is 0 Å². The summed E-state index contributed by atoms with van der Waals surface area (Å²) in [5, 5.41) is 12.5. The predicted molar refractivity (Wildman–Crippen MR) is 152 cm³/mol. The fourth-order valence-corrected chi connectivity index (χ4v) is 6.27. The zero-order valence-corrected chi connectivity index (χ0v) is 24.5. The van der Waals surface area contributed by atoms with E-state index in [2.05, 4.69) is 68.0 Å². The van der Waals surface area contributed by atoms with Gasteiger partial charge < -0.3 is 19.6 Å². The van der Waals surface area contributed by atoms with E-state index in [0.717, 1.165) is 68.6 Å². The lowest BCUT2D eigenvalue weighted by Gasteiger charge is -2.56. The topological polar surface area (TPSA) is 65.9 Å². The zero-order valence-electron chi connectivity index (χ0n) is 24.5. The van der Waals surface area contributed by atoms with Crippen LogP contribution in [0.3, 0.4) is 0 Å². The third kappa shape index (κ3) is 6.07. The van der Waals surface area contributed by atoms with E-state index in [1.807, 2.05) is 38.1 Å². The molecule has 0 spiro atoms. The molecule has 4 rings (SSSR count). The highest BCUT2D eigenvalue weighted by Crippen LogP contribution is 2.50. The number of rotatable bonds is 7. The molecular formula is C32H47N3O3. The van der Waals surface area contributed by atoms with Crippen molar-refractivity contribution < 1.29 is 14.6 Å². The van der Waals surface area contributed by atoms with Gasteiger partial charge in [0, 0.05) is 49.6 Å². The van der Waals surface area contributed by atoms with Crippen LogP contribution in [-0.4, -0.2) is 64.8 Å². The number of carbonyl (C=O) groups is 1.